The highest BCUT2D eigenvalue weighted by atomic mass is 16.3. The Morgan fingerprint density at radius 3 is 2.68 bits per heavy atom. The highest BCUT2D eigenvalue weighted by Gasteiger charge is 2.18. The van der Waals surface area contributed by atoms with Crippen molar-refractivity contribution >= 4 is 11.7 Å². The minimum absolute atomic E-state index is 0.0389. The number of nitrogens with zero attached hydrogens (tertiary/aromatic N) is 2. The summed E-state index contributed by atoms with van der Waals surface area (Å²) in [5, 5.41) is 12.1. The molecule has 0 saturated carbocycles. The van der Waals surface area contributed by atoms with Gasteiger partial charge >= 0.3 is 6.03 Å². The quantitative estimate of drug-likeness (QED) is 0.878. The first-order valence-corrected chi connectivity index (χ1v) is 8.02. The fraction of sp³-hybridized carbons (Fsp3) is 0.588. The summed E-state index contributed by atoms with van der Waals surface area (Å²) in [5.74, 6) is 0. The summed E-state index contributed by atoms with van der Waals surface area (Å²) >= 11 is 0. The van der Waals surface area contributed by atoms with E-state index >= 15 is 0 Å². The Morgan fingerprint density at radius 2 is 2.05 bits per heavy atom. The maximum absolute atomic E-state index is 12.2. The average Bonchev–Trinajstić information content (AvgIpc) is 3.07. The molecule has 2 amide bonds. The van der Waals surface area contributed by atoms with Gasteiger partial charge in [-0.05, 0) is 44.4 Å². The summed E-state index contributed by atoms with van der Waals surface area (Å²) in [7, 11) is 1.70. The Kier molecular flexibility index (Phi) is 5.66. The number of likely N-dealkylation sites (N-methyl/N-ethyl adjacent to an activating group) is 1. The van der Waals surface area contributed by atoms with Crippen LogP contribution in [0, 0.1) is 0 Å². The van der Waals surface area contributed by atoms with Gasteiger partial charge in [-0.1, -0.05) is 12.1 Å². The molecule has 2 unspecified atom stereocenters. The molecule has 1 fully saturated rings. The van der Waals surface area contributed by atoms with Crippen molar-refractivity contribution in [3.05, 3.63) is 29.8 Å². The predicted molar refractivity (Wildman–Crippen MR) is 89.1 cm³/mol. The largest absolute Gasteiger partial charge is 0.394 e. The van der Waals surface area contributed by atoms with Gasteiger partial charge in [0.25, 0.3) is 0 Å². The van der Waals surface area contributed by atoms with Crippen molar-refractivity contribution in [2.75, 3.05) is 31.6 Å². The number of nitrogens with one attached hydrogen (secondary N) is 1. The summed E-state index contributed by atoms with van der Waals surface area (Å²) in [6.45, 7) is 5.99. The number of aliphatic hydroxyl groups is 1. The van der Waals surface area contributed by atoms with Crippen molar-refractivity contribution in [3.63, 3.8) is 0 Å². The molecule has 0 spiro atoms. The standard InChI is InChI=1S/C17H27N3O2/c1-13(12-21)19(3)17(22)18-14(2)15-7-6-8-16(11-15)20-9-4-5-10-20/h6-8,11,13-14,21H,4-5,9-10,12H2,1-3H3,(H,18,22). The van der Waals surface area contributed by atoms with Gasteiger partial charge in [-0.15, -0.1) is 0 Å². The van der Waals surface area contributed by atoms with Gasteiger partial charge in [0.15, 0.2) is 0 Å². The number of hydrogen-bond donors (Lipinski definition) is 2. The van der Waals surface area contributed by atoms with Gasteiger partial charge in [-0.2, -0.15) is 0 Å². The normalized spacial score (nSPS) is 17.2. The van der Waals surface area contributed by atoms with Crippen LogP contribution in [0.2, 0.25) is 0 Å². The fourth-order valence-electron chi connectivity index (χ4n) is 2.66. The highest BCUT2D eigenvalue weighted by Crippen LogP contribution is 2.24. The van der Waals surface area contributed by atoms with Crippen LogP contribution in [-0.2, 0) is 0 Å². The van der Waals surface area contributed by atoms with Crippen LogP contribution in [0.1, 0.15) is 38.3 Å². The van der Waals surface area contributed by atoms with Crippen LogP contribution in [0.15, 0.2) is 24.3 Å². The molecule has 22 heavy (non-hydrogen) atoms. The summed E-state index contributed by atoms with van der Waals surface area (Å²) < 4.78 is 0. The van der Waals surface area contributed by atoms with E-state index in [-0.39, 0.29) is 24.7 Å². The van der Waals surface area contributed by atoms with Crippen molar-refractivity contribution in [1.82, 2.24) is 10.2 Å². The number of amides is 2. The molecular weight excluding hydrogens is 278 g/mol. The molecule has 5 nitrogen and oxygen atoms in total. The zero-order valence-electron chi connectivity index (χ0n) is 13.7. The van der Waals surface area contributed by atoms with Crippen LogP contribution in [-0.4, -0.2) is 48.8 Å². The van der Waals surface area contributed by atoms with Crippen LogP contribution >= 0.6 is 0 Å². The van der Waals surface area contributed by atoms with Crippen molar-refractivity contribution in [2.24, 2.45) is 0 Å². The zero-order chi connectivity index (χ0) is 16.1. The van der Waals surface area contributed by atoms with Crippen molar-refractivity contribution in [3.8, 4) is 0 Å². The topological polar surface area (TPSA) is 55.8 Å². The molecule has 0 radical (unpaired) electrons. The van der Waals surface area contributed by atoms with Gasteiger partial charge in [0.2, 0.25) is 0 Å². The van der Waals surface area contributed by atoms with Crippen molar-refractivity contribution < 1.29 is 9.90 Å². The predicted octanol–water partition coefficient (Wildman–Crippen LogP) is 2.37. The van der Waals surface area contributed by atoms with Crippen LogP contribution in [0.3, 0.4) is 0 Å². The molecule has 1 aliphatic heterocycles. The first-order valence-electron chi connectivity index (χ1n) is 8.02. The molecule has 2 N–H and O–H groups in total. The lowest BCUT2D eigenvalue weighted by molar-refractivity contribution is 0.155. The van der Waals surface area contributed by atoms with Gasteiger partial charge in [0, 0.05) is 25.8 Å². The summed E-state index contributed by atoms with van der Waals surface area (Å²) in [6.07, 6.45) is 2.50. The number of anilines is 1. The molecule has 1 aliphatic rings. The lowest BCUT2D eigenvalue weighted by Gasteiger charge is -2.26. The minimum atomic E-state index is -0.192. The van der Waals surface area contributed by atoms with E-state index in [4.69, 9.17) is 5.11 Å². The summed E-state index contributed by atoms with van der Waals surface area (Å²) in [6, 6.07) is 7.95. The van der Waals surface area contributed by atoms with E-state index in [2.05, 4.69) is 22.3 Å². The van der Waals surface area contributed by atoms with E-state index in [1.54, 1.807) is 7.05 Å². The average molecular weight is 305 g/mol. The zero-order valence-corrected chi connectivity index (χ0v) is 13.7. The number of urea groups is 1. The molecule has 2 atom stereocenters. The van der Waals surface area contributed by atoms with Gasteiger partial charge < -0.3 is 20.2 Å². The first kappa shape index (κ1) is 16.6. The number of hydrogen-bond acceptors (Lipinski definition) is 3. The number of carbonyl (C=O) groups excluding carboxylic acids is 1. The third kappa shape index (κ3) is 3.91. The Balaban J connectivity index is 2.01. The maximum atomic E-state index is 12.2. The van der Waals surface area contributed by atoms with Gasteiger partial charge in [0.05, 0.1) is 18.7 Å². The smallest absolute Gasteiger partial charge is 0.317 e. The van der Waals surface area contributed by atoms with Gasteiger partial charge in [0.1, 0.15) is 0 Å². The lowest BCUT2D eigenvalue weighted by Crippen LogP contribution is -2.44. The molecule has 0 aliphatic carbocycles. The molecule has 0 bridgehead atoms. The van der Waals surface area contributed by atoms with E-state index in [0.717, 1.165) is 18.7 Å². The molecule has 1 saturated heterocycles. The molecule has 0 aromatic heterocycles. The number of rotatable bonds is 5. The van der Waals surface area contributed by atoms with Crippen LogP contribution in [0.25, 0.3) is 0 Å². The van der Waals surface area contributed by atoms with Gasteiger partial charge in [-0.25, -0.2) is 4.79 Å². The first-order chi connectivity index (χ1) is 10.5. The molecule has 1 aromatic rings. The molecule has 122 valence electrons. The maximum Gasteiger partial charge on any atom is 0.317 e. The van der Waals surface area contributed by atoms with Crippen molar-refractivity contribution in [1.29, 1.82) is 0 Å². The Morgan fingerprint density at radius 1 is 1.36 bits per heavy atom. The monoisotopic (exact) mass is 305 g/mol. The highest BCUT2D eigenvalue weighted by molar-refractivity contribution is 5.74. The van der Waals surface area contributed by atoms with E-state index in [1.807, 2.05) is 26.0 Å². The van der Waals surface area contributed by atoms with Crippen LogP contribution in [0.5, 0.6) is 0 Å². The number of benzene rings is 1. The van der Waals surface area contributed by atoms with E-state index in [0.29, 0.717) is 0 Å². The Hall–Kier alpha value is -1.75. The van der Waals surface area contributed by atoms with Gasteiger partial charge in [-0.3, -0.25) is 0 Å². The minimum Gasteiger partial charge on any atom is -0.394 e. The van der Waals surface area contributed by atoms with E-state index < -0.39 is 0 Å². The number of carbonyl (C=O) groups is 1. The number of aliphatic hydroxyl groups excluding tert-OH is 1. The van der Waals surface area contributed by atoms with E-state index in [9.17, 15) is 4.79 Å². The third-order valence-corrected chi connectivity index (χ3v) is 4.43. The Bertz CT molecular complexity index is 500. The lowest BCUT2D eigenvalue weighted by atomic mass is 10.1. The van der Waals surface area contributed by atoms with Crippen LogP contribution in [0.4, 0.5) is 10.5 Å². The van der Waals surface area contributed by atoms with Crippen molar-refractivity contribution in [2.45, 2.75) is 38.8 Å². The fourth-order valence-corrected chi connectivity index (χ4v) is 2.66. The van der Waals surface area contributed by atoms with E-state index in [1.165, 1.54) is 23.4 Å². The SMILES string of the molecule is CC(NC(=O)N(C)C(C)CO)c1cccc(N2CCCC2)c1. The third-order valence-electron chi connectivity index (χ3n) is 4.43. The van der Waals surface area contributed by atoms with Crippen LogP contribution < -0.4 is 10.2 Å². The summed E-state index contributed by atoms with van der Waals surface area (Å²) in [4.78, 5) is 16.1. The molecule has 1 heterocycles. The second-order valence-corrected chi connectivity index (χ2v) is 6.10. The second-order valence-electron chi connectivity index (χ2n) is 6.10. The molecular formula is C17H27N3O2. The summed E-state index contributed by atoms with van der Waals surface area (Å²) in [5.41, 5.74) is 2.33. The molecule has 2 rings (SSSR count). The molecule has 5 heteroatoms. The second kappa shape index (κ2) is 7.49. The molecule has 1 aromatic carbocycles. The Labute approximate surface area is 132 Å².